The van der Waals surface area contributed by atoms with Gasteiger partial charge in [0.25, 0.3) is 5.69 Å². The van der Waals surface area contributed by atoms with Crippen LogP contribution in [0, 0.1) is 15.5 Å². The van der Waals surface area contributed by atoms with E-state index in [1.807, 2.05) is 0 Å². The maximum Gasteiger partial charge on any atom is 0.513 e. The fraction of sp³-hybridized carbons (Fsp3) is 0.529. The minimum atomic E-state index is -0.868. The molecule has 0 amide bonds. The summed E-state index contributed by atoms with van der Waals surface area (Å²) in [5, 5.41) is 10.5. The monoisotopic (exact) mass is 353 g/mol. The largest absolute Gasteiger partial charge is 0.513 e. The first-order valence-corrected chi connectivity index (χ1v) is 7.96. The van der Waals surface area contributed by atoms with Crippen LogP contribution in [-0.2, 0) is 14.3 Å². The average molecular weight is 353 g/mol. The zero-order valence-electron chi connectivity index (χ0n) is 14.6. The van der Waals surface area contributed by atoms with Gasteiger partial charge >= 0.3 is 12.1 Å². The van der Waals surface area contributed by atoms with Crippen molar-refractivity contribution in [1.82, 2.24) is 0 Å². The van der Waals surface area contributed by atoms with E-state index in [-0.39, 0.29) is 24.0 Å². The summed E-state index contributed by atoms with van der Waals surface area (Å²) in [6.07, 6.45) is 1.17. The van der Waals surface area contributed by atoms with Crippen molar-refractivity contribution in [2.24, 2.45) is 5.41 Å². The van der Waals surface area contributed by atoms with Gasteiger partial charge in [0.2, 0.25) is 0 Å². The van der Waals surface area contributed by atoms with E-state index in [2.05, 4.69) is 0 Å². The predicted octanol–water partition coefficient (Wildman–Crippen LogP) is 3.87. The molecular formula is C17H23NO7. The minimum absolute atomic E-state index is 0.0899. The molecule has 8 heteroatoms. The molecule has 0 aromatic heterocycles. The molecule has 0 N–H and O–H groups in total. The molecule has 1 aromatic carbocycles. The first-order chi connectivity index (χ1) is 11.7. The van der Waals surface area contributed by atoms with Gasteiger partial charge in [0, 0.05) is 12.1 Å². The van der Waals surface area contributed by atoms with Crippen molar-refractivity contribution in [2.45, 2.75) is 40.0 Å². The highest BCUT2D eigenvalue weighted by atomic mass is 16.7. The molecule has 0 unspecified atom stereocenters. The highest BCUT2D eigenvalue weighted by Crippen LogP contribution is 2.18. The van der Waals surface area contributed by atoms with Crippen LogP contribution < -0.4 is 4.74 Å². The van der Waals surface area contributed by atoms with E-state index in [1.165, 1.54) is 24.3 Å². The Labute approximate surface area is 146 Å². The van der Waals surface area contributed by atoms with Crippen LogP contribution in [0.1, 0.15) is 40.0 Å². The Morgan fingerprint density at radius 1 is 1.00 bits per heavy atom. The Hall–Kier alpha value is -2.64. The summed E-state index contributed by atoms with van der Waals surface area (Å²) in [6.45, 7) is 5.89. The number of nitro benzene ring substituents is 1. The molecule has 0 heterocycles. The number of nitrogens with zero attached hydrogens (tertiary/aromatic N) is 1. The van der Waals surface area contributed by atoms with E-state index in [0.717, 1.165) is 6.42 Å². The van der Waals surface area contributed by atoms with E-state index in [9.17, 15) is 19.7 Å². The molecule has 8 nitrogen and oxygen atoms in total. The van der Waals surface area contributed by atoms with Crippen LogP contribution in [0.3, 0.4) is 0 Å². The van der Waals surface area contributed by atoms with Gasteiger partial charge in [-0.05, 0) is 52.2 Å². The first kappa shape index (κ1) is 20.4. The van der Waals surface area contributed by atoms with Gasteiger partial charge in [-0.15, -0.1) is 0 Å². The highest BCUT2D eigenvalue weighted by molar-refractivity contribution is 5.75. The fourth-order valence-electron chi connectivity index (χ4n) is 1.68. The summed E-state index contributed by atoms with van der Waals surface area (Å²) in [4.78, 5) is 33.0. The number of rotatable bonds is 8. The van der Waals surface area contributed by atoms with E-state index >= 15 is 0 Å². The van der Waals surface area contributed by atoms with Gasteiger partial charge in [-0.3, -0.25) is 14.9 Å². The van der Waals surface area contributed by atoms with E-state index in [1.54, 1.807) is 20.8 Å². The zero-order chi connectivity index (χ0) is 18.9. The van der Waals surface area contributed by atoms with Gasteiger partial charge in [0.15, 0.2) is 0 Å². The van der Waals surface area contributed by atoms with Gasteiger partial charge in [-0.2, -0.15) is 0 Å². The number of esters is 1. The molecule has 0 aliphatic carbocycles. The molecule has 25 heavy (non-hydrogen) atoms. The molecular weight excluding hydrogens is 330 g/mol. The molecule has 138 valence electrons. The number of hydrogen-bond donors (Lipinski definition) is 0. The van der Waals surface area contributed by atoms with Gasteiger partial charge in [-0.25, -0.2) is 4.79 Å². The second kappa shape index (κ2) is 9.61. The molecule has 0 aliphatic rings. The number of carbonyl (C=O) groups is 2. The SMILES string of the molecule is CC(C)(C)C(=O)OCCCCCOC(=O)Oc1ccc([N+](=O)[O-])cc1. The Balaban J connectivity index is 2.13. The van der Waals surface area contributed by atoms with Crippen LogP contribution in [0.5, 0.6) is 5.75 Å². The summed E-state index contributed by atoms with van der Waals surface area (Å²) < 4.78 is 14.9. The lowest BCUT2D eigenvalue weighted by atomic mass is 9.97. The first-order valence-electron chi connectivity index (χ1n) is 7.96. The lowest BCUT2D eigenvalue weighted by Gasteiger charge is -2.16. The highest BCUT2D eigenvalue weighted by Gasteiger charge is 2.22. The Kier molecular flexibility index (Phi) is 7.84. The van der Waals surface area contributed by atoms with E-state index in [4.69, 9.17) is 14.2 Å². The summed E-state index contributed by atoms with van der Waals surface area (Å²) in [5.74, 6) is -0.0693. The molecule has 0 atom stereocenters. The molecule has 0 fully saturated rings. The number of non-ortho nitro benzene ring substituents is 1. The fourth-order valence-corrected chi connectivity index (χ4v) is 1.68. The number of benzene rings is 1. The molecule has 0 spiro atoms. The van der Waals surface area contributed by atoms with Crippen molar-refractivity contribution in [2.75, 3.05) is 13.2 Å². The van der Waals surface area contributed by atoms with Crippen molar-refractivity contribution in [1.29, 1.82) is 0 Å². The van der Waals surface area contributed by atoms with Gasteiger partial charge in [0.1, 0.15) is 5.75 Å². The molecule has 0 saturated carbocycles. The Morgan fingerprint density at radius 2 is 1.56 bits per heavy atom. The van der Waals surface area contributed by atoms with Crippen LogP contribution in [0.4, 0.5) is 10.5 Å². The third-order valence-electron chi connectivity index (χ3n) is 3.10. The topological polar surface area (TPSA) is 105 Å². The second-order valence-corrected chi connectivity index (χ2v) is 6.40. The van der Waals surface area contributed by atoms with Crippen LogP contribution in [0.2, 0.25) is 0 Å². The van der Waals surface area contributed by atoms with E-state index in [0.29, 0.717) is 19.4 Å². The lowest BCUT2D eigenvalue weighted by Crippen LogP contribution is -2.23. The summed E-state index contributed by atoms with van der Waals surface area (Å²) in [7, 11) is 0. The summed E-state index contributed by atoms with van der Waals surface area (Å²) >= 11 is 0. The van der Waals surface area contributed by atoms with Gasteiger partial charge < -0.3 is 14.2 Å². The van der Waals surface area contributed by atoms with Crippen LogP contribution >= 0.6 is 0 Å². The van der Waals surface area contributed by atoms with Crippen molar-refractivity contribution in [3.8, 4) is 5.75 Å². The zero-order valence-corrected chi connectivity index (χ0v) is 14.6. The lowest BCUT2D eigenvalue weighted by molar-refractivity contribution is -0.384. The molecule has 0 bridgehead atoms. The molecule has 1 aromatic rings. The number of unbranched alkanes of at least 4 members (excludes halogenated alkanes) is 2. The maximum absolute atomic E-state index is 11.5. The predicted molar refractivity (Wildman–Crippen MR) is 89.3 cm³/mol. The number of nitro groups is 1. The van der Waals surface area contributed by atoms with Gasteiger partial charge in [-0.1, -0.05) is 0 Å². The Bertz CT molecular complexity index is 590. The van der Waals surface area contributed by atoms with E-state index < -0.39 is 16.5 Å². The van der Waals surface area contributed by atoms with Crippen molar-refractivity contribution in [3.05, 3.63) is 34.4 Å². The number of carbonyl (C=O) groups excluding carboxylic acids is 2. The van der Waals surface area contributed by atoms with Crippen molar-refractivity contribution < 1.29 is 28.7 Å². The maximum atomic E-state index is 11.5. The van der Waals surface area contributed by atoms with Crippen LogP contribution in [-0.4, -0.2) is 30.3 Å². The van der Waals surface area contributed by atoms with Crippen LogP contribution in [0.25, 0.3) is 0 Å². The number of hydrogen-bond acceptors (Lipinski definition) is 7. The standard InChI is InChI=1S/C17H23NO7/c1-17(2,3)15(19)23-11-5-4-6-12-24-16(20)25-14-9-7-13(8-10-14)18(21)22/h7-10H,4-6,11-12H2,1-3H3. The third-order valence-corrected chi connectivity index (χ3v) is 3.10. The molecule has 0 radical (unpaired) electrons. The second-order valence-electron chi connectivity index (χ2n) is 6.40. The number of ether oxygens (including phenoxy) is 3. The smallest absolute Gasteiger partial charge is 0.465 e. The van der Waals surface area contributed by atoms with Crippen molar-refractivity contribution >= 4 is 17.8 Å². The summed E-state index contributed by atoms with van der Waals surface area (Å²) in [6, 6.07) is 5.12. The van der Waals surface area contributed by atoms with Crippen LogP contribution in [0.15, 0.2) is 24.3 Å². The average Bonchev–Trinajstić information content (AvgIpc) is 2.53. The van der Waals surface area contributed by atoms with Gasteiger partial charge in [0.05, 0.1) is 23.6 Å². The van der Waals surface area contributed by atoms with Crippen molar-refractivity contribution in [3.63, 3.8) is 0 Å². The molecule has 1 rings (SSSR count). The Morgan fingerprint density at radius 3 is 2.08 bits per heavy atom. The normalized spacial score (nSPS) is 10.8. The molecule has 0 aliphatic heterocycles. The quantitative estimate of drug-likeness (QED) is 0.230. The minimum Gasteiger partial charge on any atom is -0.465 e. The molecule has 0 saturated heterocycles. The summed E-state index contributed by atoms with van der Waals surface area (Å²) in [5.41, 5.74) is -0.599. The third kappa shape index (κ3) is 8.14.